The lowest BCUT2D eigenvalue weighted by Gasteiger charge is -2.04. The number of fused-ring (bicyclic) bond motifs is 1. The van der Waals surface area contributed by atoms with Gasteiger partial charge in [0.15, 0.2) is 5.76 Å². The molecule has 0 aliphatic heterocycles. The summed E-state index contributed by atoms with van der Waals surface area (Å²) in [5.74, 6) is 0.0377. The molecule has 0 saturated heterocycles. The van der Waals surface area contributed by atoms with Crippen LogP contribution in [0.25, 0.3) is 11.0 Å². The van der Waals surface area contributed by atoms with Crippen LogP contribution < -0.4 is 5.43 Å². The van der Waals surface area contributed by atoms with E-state index in [0.29, 0.717) is 5.58 Å². The molecule has 0 radical (unpaired) electrons. The summed E-state index contributed by atoms with van der Waals surface area (Å²) in [6.07, 6.45) is 0. The number of hydrogen-bond donors (Lipinski definition) is 0. The molecule has 0 fully saturated rings. The molecule has 0 amide bonds. The Balaban J connectivity index is 2.98. The van der Waals surface area contributed by atoms with Crippen molar-refractivity contribution in [3.63, 3.8) is 0 Å². The van der Waals surface area contributed by atoms with Crippen molar-refractivity contribution in [3.8, 4) is 0 Å². The van der Waals surface area contributed by atoms with E-state index in [-0.39, 0.29) is 11.1 Å². The average Bonchev–Trinajstić information content (AvgIpc) is 2.21. The second-order valence-corrected chi connectivity index (χ2v) is 4.03. The van der Waals surface area contributed by atoms with E-state index >= 15 is 0 Å². The number of hydrogen-bond acceptors (Lipinski definition) is 4. The molecule has 0 saturated carbocycles. The Morgan fingerprint density at radius 1 is 1.18 bits per heavy atom. The molecule has 5 heteroatoms. The number of aryl methyl sites for hydroxylation is 3. The first-order valence-corrected chi connectivity index (χ1v) is 5.11. The van der Waals surface area contributed by atoms with Gasteiger partial charge in [-0.3, -0.25) is 14.9 Å². The molecule has 0 N–H and O–H groups in total. The minimum atomic E-state index is -0.699. The van der Waals surface area contributed by atoms with Crippen molar-refractivity contribution >= 4 is 16.7 Å². The van der Waals surface area contributed by atoms with E-state index in [4.69, 9.17) is 4.42 Å². The Kier molecular flexibility index (Phi) is 2.46. The van der Waals surface area contributed by atoms with E-state index in [2.05, 4.69) is 0 Å². The number of rotatable bonds is 1. The summed E-state index contributed by atoms with van der Waals surface area (Å²) in [6.45, 7) is 5.17. The molecule has 0 spiro atoms. The zero-order chi connectivity index (χ0) is 12.7. The summed E-state index contributed by atoms with van der Waals surface area (Å²) >= 11 is 0. The lowest BCUT2D eigenvalue weighted by molar-refractivity contribution is -0.387. The lowest BCUT2D eigenvalue weighted by Crippen LogP contribution is -2.10. The second-order valence-electron chi connectivity index (χ2n) is 4.03. The maximum atomic E-state index is 12.0. The third-order valence-corrected chi connectivity index (χ3v) is 2.83. The van der Waals surface area contributed by atoms with Crippen molar-refractivity contribution < 1.29 is 9.34 Å². The Morgan fingerprint density at radius 2 is 1.76 bits per heavy atom. The van der Waals surface area contributed by atoms with Crippen LogP contribution in [0.15, 0.2) is 21.3 Å². The van der Waals surface area contributed by atoms with E-state index in [0.717, 1.165) is 11.1 Å². The van der Waals surface area contributed by atoms with Gasteiger partial charge in [-0.25, -0.2) is 0 Å². The van der Waals surface area contributed by atoms with Gasteiger partial charge in [0.2, 0.25) is 0 Å². The lowest BCUT2D eigenvalue weighted by atomic mass is 10.1. The smallest absolute Gasteiger partial charge is 0.354 e. The fourth-order valence-corrected chi connectivity index (χ4v) is 1.76. The van der Waals surface area contributed by atoms with Crippen LogP contribution in [-0.2, 0) is 0 Å². The first-order valence-electron chi connectivity index (χ1n) is 5.11. The zero-order valence-corrected chi connectivity index (χ0v) is 9.73. The van der Waals surface area contributed by atoms with Crippen molar-refractivity contribution in [2.45, 2.75) is 20.8 Å². The first-order chi connectivity index (χ1) is 7.91. The average molecular weight is 233 g/mol. The maximum Gasteiger partial charge on any atom is 0.354 e. The summed E-state index contributed by atoms with van der Waals surface area (Å²) in [5, 5.41) is 11.0. The van der Waals surface area contributed by atoms with E-state index in [1.165, 1.54) is 6.92 Å². The van der Waals surface area contributed by atoms with Crippen molar-refractivity contribution in [2.75, 3.05) is 0 Å². The Hall–Kier alpha value is -2.17. The van der Waals surface area contributed by atoms with Gasteiger partial charge < -0.3 is 4.42 Å². The van der Waals surface area contributed by atoms with Crippen molar-refractivity contribution in [3.05, 3.63) is 49.4 Å². The van der Waals surface area contributed by atoms with E-state index < -0.39 is 16.0 Å². The third kappa shape index (κ3) is 1.69. The highest BCUT2D eigenvalue weighted by Crippen LogP contribution is 2.22. The monoisotopic (exact) mass is 233 g/mol. The van der Waals surface area contributed by atoms with Crippen molar-refractivity contribution in [1.82, 2.24) is 0 Å². The molecule has 0 aliphatic carbocycles. The minimum absolute atomic E-state index is 0.0377. The van der Waals surface area contributed by atoms with Gasteiger partial charge in [0.05, 0.1) is 10.3 Å². The predicted octanol–water partition coefficient (Wildman–Crippen LogP) is 2.63. The predicted molar refractivity (Wildman–Crippen MR) is 63.3 cm³/mol. The third-order valence-electron chi connectivity index (χ3n) is 2.83. The van der Waals surface area contributed by atoms with Crippen LogP contribution >= 0.6 is 0 Å². The van der Waals surface area contributed by atoms with Gasteiger partial charge >= 0.3 is 5.69 Å². The van der Waals surface area contributed by atoms with Crippen LogP contribution in [0.3, 0.4) is 0 Å². The standard InChI is InChI=1S/C12H11NO4/c1-6-4-9-10(5-7(6)2)17-8(3)11(12(9)14)13(15)16/h4-5H,1-3H3. The highest BCUT2D eigenvalue weighted by molar-refractivity contribution is 5.80. The van der Waals surface area contributed by atoms with Gasteiger partial charge in [-0.05, 0) is 37.1 Å². The highest BCUT2D eigenvalue weighted by atomic mass is 16.6. The maximum absolute atomic E-state index is 12.0. The topological polar surface area (TPSA) is 73.3 Å². The summed E-state index contributed by atoms with van der Waals surface area (Å²) in [7, 11) is 0. The van der Waals surface area contributed by atoms with Gasteiger partial charge in [-0.15, -0.1) is 0 Å². The van der Waals surface area contributed by atoms with Gasteiger partial charge in [-0.1, -0.05) is 0 Å². The van der Waals surface area contributed by atoms with Gasteiger partial charge in [0.1, 0.15) is 5.58 Å². The van der Waals surface area contributed by atoms with Crippen LogP contribution in [0, 0.1) is 30.9 Å². The van der Waals surface area contributed by atoms with E-state index in [9.17, 15) is 14.9 Å². The Bertz CT molecular complexity index is 685. The molecule has 0 atom stereocenters. The summed E-state index contributed by atoms with van der Waals surface area (Å²) in [5.41, 5.74) is 1.20. The molecule has 0 aliphatic rings. The van der Waals surface area contributed by atoms with Crippen molar-refractivity contribution in [2.24, 2.45) is 0 Å². The molecule has 1 aromatic heterocycles. The number of benzene rings is 1. The van der Waals surface area contributed by atoms with Gasteiger partial charge in [0.25, 0.3) is 5.43 Å². The molecule has 2 aromatic rings. The van der Waals surface area contributed by atoms with Crippen LogP contribution in [0.1, 0.15) is 16.9 Å². The molecular weight excluding hydrogens is 222 g/mol. The van der Waals surface area contributed by atoms with E-state index in [1.54, 1.807) is 12.1 Å². The van der Waals surface area contributed by atoms with Crippen LogP contribution in [0.5, 0.6) is 0 Å². The number of nitro groups is 1. The highest BCUT2D eigenvalue weighted by Gasteiger charge is 2.21. The molecule has 0 bridgehead atoms. The molecule has 2 rings (SSSR count). The normalized spacial score (nSPS) is 10.8. The zero-order valence-electron chi connectivity index (χ0n) is 9.73. The summed E-state index contributed by atoms with van der Waals surface area (Å²) in [6, 6.07) is 3.35. The SMILES string of the molecule is Cc1cc2oc(C)c([N+](=O)[O-])c(=O)c2cc1C. The van der Waals surface area contributed by atoms with Gasteiger partial charge in [0, 0.05) is 6.92 Å². The fourth-order valence-electron chi connectivity index (χ4n) is 1.76. The Labute approximate surface area is 96.8 Å². The molecular formula is C12H11NO4. The van der Waals surface area contributed by atoms with Crippen molar-refractivity contribution in [1.29, 1.82) is 0 Å². The second kappa shape index (κ2) is 3.69. The largest absolute Gasteiger partial charge is 0.454 e. The van der Waals surface area contributed by atoms with Gasteiger partial charge in [-0.2, -0.15) is 0 Å². The Morgan fingerprint density at radius 3 is 2.35 bits per heavy atom. The molecule has 1 aromatic carbocycles. The minimum Gasteiger partial charge on any atom is -0.454 e. The summed E-state index contributed by atoms with van der Waals surface area (Å²) in [4.78, 5) is 22.0. The molecule has 88 valence electrons. The first kappa shape index (κ1) is 11.3. The number of nitrogens with zero attached hydrogens (tertiary/aromatic N) is 1. The molecule has 0 unspecified atom stereocenters. The summed E-state index contributed by atoms with van der Waals surface area (Å²) < 4.78 is 5.33. The fraction of sp³-hybridized carbons (Fsp3) is 0.250. The molecule has 1 heterocycles. The quantitative estimate of drug-likeness (QED) is 0.560. The molecule has 5 nitrogen and oxygen atoms in total. The van der Waals surface area contributed by atoms with Crippen LogP contribution in [0.4, 0.5) is 5.69 Å². The van der Waals surface area contributed by atoms with E-state index in [1.807, 2.05) is 13.8 Å². The van der Waals surface area contributed by atoms with Crippen LogP contribution in [0.2, 0.25) is 0 Å². The molecule has 17 heavy (non-hydrogen) atoms. The van der Waals surface area contributed by atoms with Crippen LogP contribution in [-0.4, -0.2) is 4.92 Å².